The fourth-order valence-corrected chi connectivity index (χ4v) is 2.76. The van der Waals surface area contributed by atoms with Gasteiger partial charge in [0.05, 0.1) is 0 Å². The second kappa shape index (κ2) is 9.55. The van der Waals surface area contributed by atoms with Gasteiger partial charge < -0.3 is 15.4 Å². The summed E-state index contributed by atoms with van der Waals surface area (Å²) in [6, 6.07) is 23.7. The number of para-hydroxylation sites is 1. The summed E-state index contributed by atoms with van der Waals surface area (Å²) in [6.45, 7) is 4.13. The lowest BCUT2D eigenvalue weighted by molar-refractivity contribution is -0.118. The van der Waals surface area contributed by atoms with E-state index in [-0.39, 0.29) is 18.4 Å². The maximum absolute atomic E-state index is 12.5. The highest BCUT2D eigenvalue weighted by Crippen LogP contribution is 2.18. The third-order valence-electron chi connectivity index (χ3n) is 4.36. The molecule has 0 aliphatic rings. The first-order valence-electron chi connectivity index (χ1n) is 9.50. The average molecular weight is 388 g/mol. The number of benzene rings is 3. The summed E-state index contributed by atoms with van der Waals surface area (Å²) >= 11 is 0. The normalized spacial score (nSPS) is 10.4. The van der Waals surface area contributed by atoms with Gasteiger partial charge in [-0.05, 0) is 53.9 Å². The number of carbonyl (C=O) groups is 2. The number of amides is 2. The van der Waals surface area contributed by atoms with Crippen LogP contribution in [0.1, 0.15) is 35.7 Å². The molecule has 0 atom stereocenters. The largest absolute Gasteiger partial charge is 0.484 e. The van der Waals surface area contributed by atoms with Crippen LogP contribution in [0.5, 0.6) is 5.75 Å². The van der Waals surface area contributed by atoms with Gasteiger partial charge in [0.25, 0.3) is 11.8 Å². The minimum Gasteiger partial charge on any atom is -0.484 e. The number of nitrogens with one attached hydrogen (secondary N) is 2. The summed E-state index contributed by atoms with van der Waals surface area (Å²) in [6.07, 6.45) is 0. The van der Waals surface area contributed by atoms with Gasteiger partial charge in [0.1, 0.15) is 5.75 Å². The van der Waals surface area contributed by atoms with Crippen LogP contribution in [-0.4, -0.2) is 18.4 Å². The Morgan fingerprint density at radius 2 is 1.48 bits per heavy atom. The monoisotopic (exact) mass is 388 g/mol. The van der Waals surface area contributed by atoms with Crippen LogP contribution in [-0.2, 0) is 4.79 Å². The van der Waals surface area contributed by atoms with Gasteiger partial charge in [0.2, 0.25) is 0 Å². The Bertz CT molecular complexity index is 967. The first-order valence-corrected chi connectivity index (χ1v) is 9.50. The molecule has 2 N–H and O–H groups in total. The lowest BCUT2D eigenvalue weighted by Crippen LogP contribution is -2.20. The van der Waals surface area contributed by atoms with Crippen molar-refractivity contribution < 1.29 is 14.3 Å². The molecule has 0 fully saturated rings. The Kier molecular flexibility index (Phi) is 6.63. The summed E-state index contributed by atoms with van der Waals surface area (Å²) < 4.78 is 5.44. The average Bonchev–Trinajstić information content (AvgIpc) is 2.73. The van der Waals surface area contributed by atoms with Gasteiger partial charge in [0.15, 0.2) is 6.61 Å². The van der Waals surface area contributed by atoms with Gasteiger partial charge in [-0.25, -0.2) is 0 Å². The first-order chi connectivity index (χ1) is 14.0. The third kappa shape index (κ3) is 5.94. The second-order valence-corrected chi connectivity index (χ2v) is 6.96. The summed E-state index contributed by atoms with van der Waals surface area (Å²) in [5, 5.41) is 5.63. The Labute approximate surface area is 170 Å². The molecule has 148 valence electrons. The lowest BCUT2D eigenvalue weighted by Gasteiger charge is -2.10. The van der Waals surface area contributed by atoms with Gasteiger partial charge in [-0.3, -0.25) is 9.59 Å². The van der Waals surface area contributed by atoms with Crippen molar-refractivity contribution >= 4 is 23.2 Å². The molecule has 3 aromatic rings. The Morgan fingerprint density at radius 3 is 2.14 bits per heavy atom. The highest BCUT2D eigenvalue weighted by atomic mass is 16.5. The zero-order valence-corrected chi connectivity index (χ0v) is 16.5. The van der Waals surface area contributed by atoms with Gasteiger partial charge in [-0.2, -0.15) is 0 Å². The maximum atomic E-state index is 12.5. The number of hydrogen-bond acceptors (Lipinski definition) is 3. The number of anilines is 2. The van der Waals surface area contributed by atoms with Crippen LogP contribution in [0.15, 0.2) is 78.9 Å². The van der Waals surface area contributed by atoms with Crippen molar-refractivity contribution in [2.45, 2.75) is 19.8 Å². The van der Waals surface area contributed by atoms with E-state index in [0.29, 0.717) is 28.6 Å². The fraction of sp³-hybridized carbons (Fsp3) is 0.167. The molecule has 0 aromatic heterocycles. The summed E-state index contributed by atoms with van der Waals surface area (Å²) in [5.41, 5.74) is 2.95. The number of carbonyl (C=O) groups excluding carboxylic acids is 2. The van der Waals surface area contributed by atoms with Crippen LogP contribution >= 0.6 is 0 Å². The van der Waals surface area contributed by atoms with Crippen LogP contribution in [0.4, 0.5) is 11.4 Å². The predicted octanol–water partition coefficient (Wildman–Crippen LogP) is 5.08. The van der Waals surface area contributed by atoms with E-state index in [4.69, 9.17) is 4.74 Å². The smallest absolute Gasteiger partial charge is 0.262 e. The van der Waals surface area contributed by atoms with E-state index >= 15 is 0 Å². The zero-order chi connectivity index (χ0) is 20.6. The Hall–Kier alpha value is -3.60. The standard InChI is InChI=1S/C24H24N2O3/c1-17(2)18-11-13-19(14-12-18)24(28)26-21-8-6-7-20(15-21)25-23(27)16-29-22-9-4-3-5-10-22/h3-15,17H,16H2,1-2H3,(H,25,27)(H,26,28). The highest BCUT2D eigenvalue weighted by molar-refractivity contribution is 6.04. The molecule has 5 nitrogen and oxygen atoms in total. The molecular formula is C24H24N2O3. The molecule has 2 amide bonds. The van der Waals surface area contributed by atoms with Gasteiger partial charge in [0, 0.05) is 16.9 Å². The molecule has 29 heavy (non-hydrogen) atoms. The fourth-order valence-electron chi connectivity index (χ4n) is 2.76. The molecule has 3 aromatic carbocycles. The van der Waals surface area contributed by atoms with Crippen LogP contribution in [0.2, 0.25) is 0 Å². The molecule has 5 heteroatoms. The Morgan fingerprint density at radius 1 is 0.828 bits per heavy atom. The molecular weight excluding hydrogens is 364 g/mol. The van der Waals surface area contributed by atoms with Gasteiger partial charge in [-0.1, -0.05) is 50.2 Å². The molecule has 0 saturated heterocycles. The van der Waals surface area contributed by atoms with E-state index in [9.17, 15) is 9.59 Å². The van der Waals surface area contributed by atoms with Crippen LogP contribution in [0.25, 0.3) is 0 Å². The van der Waals surface area contributed by atoms with E-state index in [1.807, 2.05) is 42.5 Å². The van der Waals surface area contributed by atoms with Gasteiger partial charge in [-0.15, -0.1) is 0 Å². The van der Waals surface area contributed by atoms with Crippen molar-refractivity contribution in [2.75, 3.05) is 17.2 Å². The predicted molar refractivity (Wildman–Crippen MR) is 115 cm³/mol. The summed E-state index contributed by atoms with van der Waals surface area (Å²) in [4.78, 5) is 24.6. The topological polar surface area (TPSA) is 67.4 Å². The van der Waals surface area contributed by atoms with Crippen molar-refractivity contribution in [3.8, 4) is 5.75 Å². The molecule has 0 aliphatic carbocycles. The molecule has 0 spiro atoms. The highest BCUT2D eigenvalue weighted by Gasteiger charge is 2.09. The number of rotatable bonds is 7. The quantitative estimate of drug-likeness (QED) is 0.593. The van der Waals surface area contributed by atoms with Crippen molar-refractivity contribution in [3.05, 3.63) is 90.0 Å². The second-order valence-electron chi connectivity index (χ2n) is 6.96. The van der Waals surface area contributed by atoms with E-state index in [1.54, 1.807) is 36.4 Å². The first kappa shape index (κ1) is 20.1. The van der Waals surface area contributed by atoms with Crippen molar-refractivity contribution in [1.29, 1.82) is 0 Å². The number of ether oxygens (including phenoxy) is 1. The molecule has 3 rings (SSSR count). The number of hydrogen-bond donors (Lipinski definition) is 2. The molecule has 0 radical (unpaired) electrons. The lowest BCUT2D eigenvalue weighted by atomic mass is 10.0. The van der Waals surface area contributed by atoms with Crippen molar-refractivity contribution in [1.82, 2.24) is 0 Å². The van der Waals surface area contributed by atoms with E-state index in [1.165, 1.54) is 5.56 Å². The molecule has 0 saturated carbocycles. The Balaban J connectivity index is 1.57. The summed E-state index contributed by atoms with van der Waals surface area (Å²) in [5.74, 6) is 0.572. The van der Waals surface area contributed by atoms with Crippen LogP contribution < -0.4 is 15.4 Å². The third-order valence-corrected chi connectivity index (χ3v) is 4.36. The molecule has 0 bridgehead atoms. The minimum absolute atomic E-state index is 0.0944. The molecule has 0 aliphatic heterocycles. The van der Waals surface area contributed by atoms with Crippen LogP contribution in [0.3, 0.4) is 0 Å². The van der Waals surface area contributed by atoms with Crippen molar-refractivity contribution in [3.63, 3.8) is 0 Å². The van der Waals surface area contributed by atoms with Crippen LogP contribution in [0, 0.1) is 0 Å². The van der Waals surface area contributed by atoms with Gasteiger partial charge >= 0.3 is 0 Å². The van der Waals surface area contributed by atoms with E-state index < -0.39 is 0 Å². The molecule has 0 heterocycles. The zero-order valence-electron chi connectivity index (χ0n) is 16.5. The SMILES string of the molecule is CC(C)c1ccc(C(=O)Nc2cccc(NC(=O)COc3ccccc3)c2)cc1. The summed E-state index contributed by atoms with van der Waals surface area (Å²) in [7, 11) is 0. The van der Waals surface area contributed by atoms with E-state index in [2.05, 4.69) is 24.5 Å². The maximum Gasteiger partial charge on any atom is 0.262 e. The van der Waals surface area contributed by atoms with Crippen molar-refractivity contribution in [2.24, 2.45) is 0 Å². The molecule has 0 unspecified atom stereocenters. The minimum atomic E-state index is -0.276. The van der Waals surface area contributed by atoms with E-state index in [0.717, 1.165) is 0 Å².